The molecule has 2 heterocycles. The lowest BCUT2D eigenvalue weighted by Gasteiger charge is -2.13. The predicted molar refractivity (Wildman–Crippen MR) is 79.8 cm³/mol. The highest BCUT2D eigenvalue weighted by Crippen LogP contribution is 2.19. The molecular formula is C13H19BrN4O2. The zero-order valence-electron chi connectivity index (χ0n) is 11.3. The summed E-state index contributed by atoms with van der Waals surface area (Å²) in [6, 6.07) is 1.83. The van der Waals surface area contributed by atoms with Crippen molar-refractivity contribution in [1.29, 1.82) is 0 Å². The quantitative estimate of drug-likeness (QED) is 0.734. The highest BCUT2D eigenvalue weighted by Gasteiger charge is 2.30. The molecule has 2 atom stereocenters. The van der Waals surface area contributed by atoms with Crippen LogP contribution in [0, 0.1) is 5.92 Å². The Kier molecular flexibility index (Phi) is 4.95. The standard InChI is InChI=1S/C13H19BrN4O2/c1-18-6-9(11(19)7-18)3-12(20)16-4-8-2-10(14)5-17-13(8)15/h2,5,9,11,19H,3-4,6-7H2,1H3,(H2,15,17)(H,16,20)/t9-,11-/m1/s1. The van der Waals surface area contributed by atoms with E-state index in [9.17, 15) is 9.90 Å². The third-order valence-electron chi connectivity index (χ3n) is 3.48. The van der Waals surface area contributed by atoms with Crippen LogP contribution in [0.3, 0.4) is 0 Å². The molecule has 1 aromatic rings. The number of likely N-dealkylation sites (N-methyl/N-ethyl adjacent to an activating group) is 1. The van der Waals surface area contributed by atoms with Crippen molar-refractivity contribution in [1.82, 2.24) is 15.2 Å². The van der Waals surface area contributed by atoms with Gasteiger partial charge in [-0.2, -0.15) is 0 Å². The third kappa shape index (κ3) is 3.91. The summed E-state index contributed by atoms with van der Waals surface area (Å²) >= 11 is 3.32. The second kappa shape index (κ2) is 6.51. The van der Waals surface area contributed by atoms with Crippen LogP contribution in [-0.2, 0) is 11.3 Å². The van der Waals surface area contributed by atoms with Gasteiger partial charge in [-0.1, -0.05) is 0 Å². The molecule has 1 aliphatic heterocycles. The fraction of sp³-hybridized carbons (Fsp3) is 0.538. The Morgan fingerprint density at radius 1 is 1.65 bits per heavy atom. The van der Waals surface area contributed by atoms with Gasteiger partial charge in [-0.05, 0) is 29.0 Å². The van der Waals surface area contributed by atoms with E-state index in [1.807, 2.05) is 18.0 Å². The van der Waals surface area contributed by atoms with Gasteiger partial charge in [0.1, 0.15) is 5.82 Å². The van der Waals surface area contributed by atoms with Gasteiger partial charge in [0.25, 0.3) is 0 Å². The first-order chi connectivity index (χ1) is 9.45. The van der Waals surface area contributed by atoms with E-state index in [1.165, 1.54) is 0 Å². The summed E-state index contributed by atoms with van der Waals surface area (Å²) in [6.07, 6.45) is 1.52. The second-order valence-corrected chi connectivity index (χ2v) is 6.14. The maximum absolute atomic E-state index is 11.9. The molecule has 4 N–H and O–H groups in total. The van der Waals surface area contributed by atoms with Crippen molar-refractivity contribution in [3.8, 4) is 0 Å². The third-order valence-corrected chi connectivity index (χ3v) is 3.91. The first kappa shape index (κ1) is 15.2. The van der Waals surface area contributed by atoms with Crippen molar-refractivity contribution in [3.63, 3.8) is 0 Å². The van der Waals surface area contributed by atoms with Crippen molar-refractivity contribution in [2.24, 2.45) is 5.92 Å². The van der Waals surface area contributed by atoms with Crippen LogP contribution in [-0.4, -0.2) is 47.1 Å². The van der Waals surface area contributed by atoms with E-state index < -0.39 is 6.10 Å². The van der Waals surface area contributed by atoms with Crippen LogP contribution in [0.4, 0.5) is 5.82 Å². The number of β-amino-alcohol motifs (C(OH)–C–C–N with tert-alkyl or cyclic N) is 1. The summed E-state index contributed by atoms with van der Waals surface area (Å²) in [5.41, 5.74) is 6.52. The molecule has 1 aromatic heterocycles. The number of likely N-dealkylation sites (tertiary alicyclic amines) is 1. The average molecular weight is 343 g/mol. The van der Waals surface area contributed by atoms with Crippen LogP contribution in [0.1, 0.15) is 12.0 Å². The lowest BCUT2D eigenvalue weighted by molar-refractivity contribution is -0.122. The molecule has 0 spiro atoms. The first-order valence-electron chi connectivity index (χ1n) is 6.49. The number of nitrogens with two attached hydrogens (primary N) is 1. The zero-order valence-corrected chi connectivity index (χ0v) is 12.9. The molecule has 110 valence electrons. The lowest BCUT2D eigenvalue weighted by atomic mass is 10.0. The van der Waals surface area contributed by atoms with E-state index in [4.69, 9.17) is 5.73 Å². The van der Waals surface area contributed by atoms with Crippen LogP contribution in [0.25, 0.3) is 0 Å². The number of nitrogens with one attached hydrogen (secondary N) is 1. The highest BCUT2D eigenvalue weighted by atomic mass is 79.9. The van der Waals surface area contributed by atoms with Crippen molar-refractivity contribution in [3.05, 3.63) is 22.3 Å². The molecule has 2 rings (SSSR count). The van der Waals surface area contributed by atoms with Crippen molar-refractivity contribution < 1.29 is 9.90 Å². The smallest absolute Gasteiger partial charge is 0.220 e. The average Bonchev–Trinajstić information content (AvgIpc) is 2.69. The SMILES string of the molecule is CN1C[C@@H](CC(=O)NCc2cc(Br)cnc2N)[C@H](O)C1. The largest absolute Gasteiger partial charge is 0.391 e. The molecule has 1 fully saturated rings. The van der Waals surface area contributed by atoms with Gasteiger partial charge in [-0.3, -0.25) is 4.79 Å². The molecule has 0 bridgehead atoms. The number of carbonyl (C=O) groups is 1. The Bertz CT molecular complexity index is 497. The van der Waals surface area contributed by atoms with Gasteiger partial charge in [0, 0.05) is 48.2 Å². The molecule has 1 saturated heterocycles. The molecule has 6 nitrogen and oxygen atoms in total. The minimum Gasteiger partial charge on any atom is -0.391 e. The van der Waals surface area contributed by atoms with E-state index in [1.54, 1.807) is 6.20 Å². The molecule has 0 unspecified atom stereocenters. The number of aromatic nitrogens is 1. The number of carbonyl (C=O) groups excluding carboxylic acids is 1. The van der Waals surface area contributed by atoms with Gasteiger partial charge in [-0.25, -0.2) is 4.98 Å². The fourth-order valence-corrected chi connectivity index (χ4v) is 2.78. The summed E-state index contributed by atoms with van der Waals surface area (Å²) in [4.78, 5) is 17.9. The van der Waals surface area contributed by atoms with Crippen molar-refractivity contribution in [2.45, 2.75) is 19.1 Å². The van der Waals surface area contributed by atoms with Gasteiger partial charge in [0.05, 0.1) is 6.10 Å². The molecule has 0 aliphatic carbocycles. The predicted octanol–water partition coefficient (Wildman–Crippen LogP) is 0.355. The van der Waals surface area contributed by atoms with Crippen LogP contribution < -0.4 is 11.1 Å². The number of aliphatic hydroxyl groups excluding tert-OH is 1. The van der Waals surface area contributed by atoms with Crippen molar-refractivity contribution in [2.75, 3.05) is 25.9 Å². The van der Waals surface area contributed by atoms with Gasteiger partial charge in [0.2, 0.25) is 5.91 Å². The number of aliphatic hydroxyl groups is 1. The Labute approximate surface area is 126 Å². The number of rotatable bonds is 4. The number of halogens is 1. The summed E-state index contributed by atoms with van der Waals surface area (Å²) in [5, 5.41) is 12.6. The Hall–Kier alpha value is -1.18. The maximum Gasteiger partial charge on any atom is 0.220 e. The van der Waals surface area contributed by atoms with Gasteiger partial charge >= 0.3 is 0 Å². The van der Waals surface area contributed by atoms with Gasteiger partial charge in [-0.15, -0.1) is 0 Å². The molecule has 1 amide bonds. The number of amides is 1. The Morgan fingerprint density at radius 2 is 2.40 bits per heavy atom. The van der Waals surface area contributed by atoms with E-state index in [0.717, 1.165) is 16.6 Å². The Morgan fingerprint density at radius 3 is 3.05 bits per heavy atom. The fourth-order valence-electron chi connectivity index (χ4n) is 2.40. The summed E-state index contributed by atoms with van der Waals surface area (Å²) in [6.45, 7) is 1.71. The molecule has 0 saturated carbocycles. The van der Waals surface area contributed by atoms with E-state index in [2.05, 4.69) is 26.2 Å². The van der Waals surface area contributed by atoms with Gasteiger partial charge < -0.3 is 21.1 Å². The second-order valence-electron chi connectivity index (χ2n) is 5.23. The number of hydrogen-bond donors (Lipinski definition) is 3. The minimum atomic E-state index is -0.427. The van der Waals surface area contributed by atoms with Crippen molar-refractivity contribution >= 4 is 27.7 Å². The van der Waals surface area contributed by atoms with Gasteiger partial charge in [0.15, 0.2) is 0 Å². The van der Waals surface area contributed by atoms with Crippen LogP contribution in [0.15, 0.2) is 16.7 Å². The number of hydrogen-bond acceptors (Lipinski definition) is 5. The number of nitrogen functional groups attached to an aromatic ring is 1. The highest BCUT2D eigenvalue weighted by molar-refractivity contribution is 9.10. The molecule has 0 aromatic carbocycles. The normalized spacial score (nSPS) is 22.9. The molecular weight excluding hydrogens is 324 g/mol. The molecule has 0 radical (unpaired) electrons. The van der Waals surface area contributed by atoms with Crippen LogP contribution in [0.5, 0.6) is 0 Å². The van der Waals surface area contributed by atoms with Crippen LogP contribution in [0.2, 0.25) is 0 Å². The Balaban J connectivity index is 1.85. The number of nitrogens with zero attached hydrogens (tertiary/aromatic N) is 2. The number of pyridine rings is 1. The molecule has 20 heavy (non-hydrogen) atoms. The molecule has 1 aliphatic rings. The molecule has 7 heteroatoms. The summed E-state index contributed by atoms with van der Waals surface area (Å²) in [5.74, 6) is 0.329. The first-order valence-corrected chi connectivity index (χ1v) is 7.28. The van der Waals surface area contributed by atoms with E-state index in [0.29, 0.717) is 25.3 Å². The van der Waals surface area contributed by atoms with Crippen LogP contribution >= 0.6 is 15.9 Å². The monoisotopic (exact) mass is 342 g/mol. The summed E-state index contributed by atoms with van der Waals surface area (Å²) in [7, 11) is 1.94. The maximum atomic E-state index is 11.9. The number of anilines is 1. The van der Waals surface area contributed by atoms with E-state index in [-0.39, 0.29) is 11.8 Å². The lowest BCUT2D eigenvalue weighted by Crippen LogP contribution is -2.29. The van der Waals surface area contributed by atoms with E-state index >= 15 is 0 Å². The topological polar surface area (TPSA) is 91.5 Å². The summed E-state index contributed by atoms with van der Waals surface area (Å²) < 4.78 is 0.823. The minimum absolute atomic E-state index is 0.00187. The zero-order chi connectivity index (χ0) is 14.7.